The van der Waals surface area contributed by atoms with Gasteiger partial charge in [-0.1, -0.05) is 0 Å². The highest BCUT2D eigenvalue weighted by molar-refractivity contribution is 7.46. The molecule has 0 unspecified atom stereocenters. The third-order valence-electron chi connectivity index (χ3n) is 2.62. The topological polar surface area (TPSA) is 186 Å². The Morgan fingerprint density at radius 3 is 2.40 bits per heavy atom. The lowest BCUT2D eigenvalue weighted by Crippen LogP contribution is -2.72. The maximum atomic E-state index is 11.0. The van der Waals surface area contributed by atoms with Crippen molar-refractivity contribution in [3.05, 3.63) is 0 Å². The first kappa shape index (κ1) is 17.4. The van der Waals surface area contributed by atoms with Gasteiger partial charge in [0, 0.05) is 6.92 Å². The molecule has 0 bridgehead atoms. The Balaban J connectivity index is 3.17. The van der Waals surface area contributed by atoms with Crippen molar-refractivity contribution in [2.75, 3.05) is 6.61 Å². The van der Waals surface area contributed by atoms with E-state index < -0.39 is 50.7 Å². The molecule has 1 saturated heterocycles. The second kappa shape index (κ2) is 6.02. The predicted molar refractivity (Wildman–Crippen MR) is 59.7 cm³/mol. The van der Waals surface area contributed by atoms with Crippen molar-refractivity contribution >= 4 is 13.7 Å². The minimum absolute atomic E-state index is 0.792. The number of rotatable bonds is 4. The SMILES string of the molecule is CC(=O)N[C@H]1[C@H](O)O[C@H](CO)[C@@H](O)[C@@]1(O)OP(=O)(O)O. The summed E-state index contributed by atoms with van der Waals surface area (Å²) in [6, 6.07) is -1.88. The summed E-state index contributed by atoms with van der Waals surface area (Å²) in [4.78, 5) is 28.5. The number of hydrogen-bond donors (Lipinski definition) is 7. The van der Waals surface area contributed by atoms with E-state index in [1.54, 1.807) is 0 Å². The van der Waals surface area contributed by atoms with Crippen LogP contribution in [0.4, 0.5) is 0 Å². The van der Waals surface area contributed by atoms with Crippen LogP contribution in [0, 0.1) is 0 Å². The largest absolute Gasteiger partial charge is 0.472 e. The van der Waals surface area contributed by atoms with Crippen molar-refractivity contribution in [1.29, 1.82) is 0 Å². The van der Waals surface area contributed by atoms with Crippen LogP contribution in [0.1, 0.15) is 6.92 Å². The van der Waals surface area contributed by atoms with E-state index in [-0.39, 0.29) is 0 Å². The fraction of sp³-hybridized carbons (Fsp3) is 0.875. The van der Waals surface area contributed by atoms with Gasteiger partial charge in [-0.15, -0.1) is 0 Å². The van der Waals surface area contributed by atoms with E-state index in [4.69, 9.17) is 19.6 Å². The monoisotopic (exact) mass is 317 g/mol. The fourth-order valence-electron chi connectivity index (χ4n) is 1.82. The van der Waals surface area contributed by atoms with Gasteiger partial charge in [-0.25, -0.2) is 9.09 Å². The minimum Gasteiger partial charge on any atom is -0.394 e. The van der Waals surface area contributed by atoms with Crippen molar-refractivity contribution in [2.24, 2.45) is 0 Å². The van der Waals surface area contributed by atoms with Crippen molar-refractivity contribution in [3.8, 4) is 0 Å². The van der Waals surface area contributed by atoms with E-state index in [2.05, 4.69) is 4.52 Å². The normalized spacial score (nSPS) is 38.5. The number of carbonyl (C=O) groups is 1. The van der Waals surface area contributed by atoms with Gasteiger partial charge in [0.25, 0.3) is 0 Å². The van der Waals surface area contributed by atoms with Gasteiger partial charge in [-0.2, -0.15) is 0 Å². The van der Waals surface area contributed by atoms with Gasteiger partial charge in [0.2, 0.25) is 11.7 Å². The van der Waals surface area contributed by atoms with Crippen LogP contribution in [0.2, 0.25) is 0 Å². The maximum absolute atomic E-state index is 11.0. The molecule has 1 aliphatic heterocycles. The van der Waals surface area contributed by atoms with Gasteiger partial charge in [0.15, 0.2) is 6.29 Å². The van der Waals surface area contributed by atoms with Crippen LogP contribution in [-0.2, 0) is 18.6 Å². The Hall–Kier alpha value is -0.620. The third kappa shape index (κ3) is 3.73. The number of aliphatic hydroxyl groups excluding tert-OH is 3. The first-order valence-corrected chi connectivity index (χ1v) is 6.92. The average molecular weight is 317 g/mol. The number of nitrogens with one attached hydrogen (secondary N) is 1. The molecule has 1 heterocycles. The van der Waals surface area contributed by atoms with E-state index in [0.29, 0.717) is 0 Å². The molecule has 1 aliphatic rings. The van der Waals surface area contributed by atoms with Gasteiger partial charge >= 0.3 is 7.82 Å². The van der Waals surface area contributed by atoms with Crippen molar-refractivity contribution in [1.82, 2.24) is 5.32 Å². The number of amides is 1. The van der Waals surface area contributed by atoms with Crippen molar-refractivity contribution < 1.29 is 48.8 Å². The second-order valence-electron chi connectivity index (χ2n) is 4.20. The molecule has 5 atom stereocenters. The molecule has 0 saturated carbocycles. The van der Waals surface area contributed by atoms with Gasteiger partial charge in [0.1, 0.15) is 18.2 Å². The molecule has 0 radical (unpaired) electrons. The Bertz CT molecular complexity index is 412. The summed E-state index contributed by atoms with van der Waals surface area (Å²) in [5.74, 6) is -3.85. The molecule has 11 nitrogen and oxygen atoms in total. The minimum atomic E-state index is -5.29. The molecule has 0 aromatic rings. The maximum Gasteiger partial charge on any atom is 0.472 e. The molecule has 118 valence electrons. The zero-order valence-corrected chi connectivity index (χ0v) is 11.2. The number of hydrogen-bond acceptors (Lipinski definition) is 8. The first-order chi connectivity index (χ1) is 9.01. The molecule has 0 aromatic carbocycles. The van der Waals surface area contributed by atoms with Crippen LogP contribution in [0.15, 0.2) is 0 Å². The van der Waals surface area contributed by atoms with Gasteiger partial charge in [-0.3, -0.25) is 4.79 Å². The zero-order valence-electron chi connectivity index (χ0n) is 10.3. The number of phosphoric ester groups is 1. The Labute approximate surface area is 113 Å². The summed E-state index contributed by atoms with van der Waals surface area (Å²) in [6.07, 6.45) is -5.69. The van der Waals surface area contributed by atoms with E-state index in [1.807, 2.05) is 5.32 Å². The summed E-state index contributed by atoms with van der Waals surface area (Å²) in [5, 5.41) is 40.4. The number of carbonyl (C=O) groups excluding carboxylic acids is 1. The lowest BCUT2D eigenvalue weighted by atomic mass is 9.93. The molecule has 1 fully saturated rings. The summed E-state index contributed by atoms with van der Waals surface area (Å²) in [6.45, 7) is 0.118. The van der Waals surface area contributed by atoms with Crippen LogP contribution < -0.4 is 5.32 Å². The van der Waals surface area contributed by atoms with Crippen LogP contribution >= 0.6 is 7.82 Å². The van der Waals surface area contributed by atoms with Crippen LogP contribution in [0.5, 0.6) is 0 Å². The highest BCUT2D eigenvalue weighted by Gasteiger charge is 2.59. The Kier molecular flexibility index (Phi) is 5.24. The van der Waals surface area contributed by atoms with E-state index >= 15 is 0 Å². The molecule has 0 spiro atoms. The predicted octanol–water partition coefficient (Wildman–Crippen LogP) is -3.64. The van der Waals surface area contributed by atoms with Crippen molar-refractivity contribution in [3.63, 3.8) is 0 Å². The Morgan fingerprint density at radius 2 is 2.00 bits per heavy atom. The average Bonchev–Trinajstić information content (AvgIpc) is 2.27. The number of phosphoric acid groups is 1. The lowest BCUT2D eigenvalue weighted by Gasteiger charge is -2.47. The summed E-state index contributed by atoms with van der Waals surface area (Å²) < 4.78 is 19.7. The summed E-state index contributed by atoms with van der Waals surface area (Å²) in [5.41, 5.74) is 0. The lowest BCUT2D eigenvalue weighted by molar-refractivity contribution is -0.342. The van der Waals surface area contributed by atoms with Crippen LogP contribution in [0.25, 0.3) is 0 Å². The zero-order chi connectivity index (χ0) is 15.7. The third-order valence-corrected chi connectivity index (χ3v) is 3.16. The quantitative estimate of drug-likeness (QED) is 0.201. The van der Waals surface area contributed by atoms with Crippen LogP contribution in [-0.4, -0.2) is 73.1 Å². The smallest absolute Gasteiger partial charge is 0.394 e. The fourth-order valence-corrected chi connectivity index (χ4v) is 2.43. The van der Waals surface area contributed by atoms with Crippen molar-refractivity contribution in [2.45, 2.75) is 37.3 Å². The standard InChI is InChI=1S/C8H16NO10P/c1-3(11)9-5-7(13)18-4(2-10)6(12)8(5,14)19-20(15,16)17/h4-7,10,12-14H,2H2,1H3,(H,9,11)(H2,15,16,17)/t4-,5+,6-,7-,8+/m1/s1. The Morgan fingerprint density at radius 1 is 1.45 bits per heavy atom. The molecule has 20 heavy (non-hydrogen) atoms. The summed E-state index contributed by atoms with van der Waals surface area (Å²) in [7, 11) is -5.29. The molecule has 0 aliphatic carbocycles. The van der Waals surface area contributed by atoms with E-state index in [0.717, 1.165) is 6.92 Å². The van der Waals surface area contributed by atoms with Gasteiger partial charge in [0.05, 0.1) is 6.61 Å². The highest BCUT2D eigenvalue weighted by atomic mass is 31.2. The van der Waals surface area contributed by atoms with Gasteiger partial charge < -0.3 is 40.3 Å². The molecule has 1 rings (SSSR count). The van der Waals surface area contributed by atoms with E-state index in [1.165, 1.54) is 0 Å². The molecular weight excluding hydrogens is 301 g/mol. The summed E-state index contributed by atoms with van der Waals surface area (Å²) >= 11 is 0. The van der Waals surface area contributed by atoms with Crippen LogP contribution in [0.3, 0.4) is 0 Å². The molecular formula is C8H16NO10P. The molecule has 1 amide bonds. The number of aliphatic hydroxyl groups is 4. The highest BCUT2D eigenvalue weighted by Crippen LogP contribution is 2.45. The first-order valence-electron chi connectivity index (χ1n) is 5.39. The molecule has 12 heteroatoms. The molecule has 7 N–H and O–H groups in total. The number of ether oxygens (including phenoxy) is 1. The molecule has 0 aromatic heterocycles. The second-order valence-corrected chi connectivity index (χ2v) is 5.37. The van der Waals surface area contributed by atoms with E-state index in [9.17, 15) is 24.7 Å². The van der Waals surface area contributed by atoms with Gasteiger partial charge in [-0.05, 0) is 0 Å².